The van der Waals surface area contributed by atoms with Crippen molar-refractivity contribution in [3.05, 3.63) is 103 Å². The first kappa shape index (κ1) is 22.5. The molecule has 0 amide bonds. The lowest BCUT2D eigenvalue weighted by molar-refractivity contribution is 0.171. The minimum Gasteiger partial charge on any atom is -0.301 e. The smallest absolute Gasteiger partial charge is 0.178 e. The van der Waals surface area contributed by atoms with Gasteiger partial charge in [0.1, 0.15) is 6.17 Å². The molecule has 36 heavy (non-hydrogen) atoms. The van der Waals surface area contributed by atoms with Crippen LogP contribution in [0.2, 0.25) is 0 Å². The maximum atomic E-state index is 4.88. The van der Waals surface area contributed by atoms with Gasteiger partial charge in [0.05, 0.1) is 0 Å². The van der Waals surface area contributed by atoms with Crippen molar-refractivity contribution in [2.75, 3.05) is 9.80 Å². The lowest BCUT2D eigenvalue weighted by Gasteiger charge is -2.56. The third-order valence-corrected chi connectivity index (χ3v) is 8.49. The predicted octanol–water partition coefficient (Wildman–Crippen LogP) is 7.25. The summed E-state index contributed by atoms with van der Waals surface area (Å²) in [6.07, 6.45) is 9.38. The highest BCUT2D eigenvalue weighted by Crippen LogP contribution is 2.61. The summed E-state index contributed by atoms with van der Waals surface area (Å²) in [5, 5.41) is 0. The summed E-state index contributed by atoms with van der Waals surface area (Å²) in [6, 6.07) is 17.4. The fourth-order valence-electron chi connectivity index (χ4n) is 6.33. The Morgan fingerprint density at radius 3 is 2.08 bits per heavy atom. The number of anilines is 4. The van der Waals surface area contributed by atoms with E-state index in [2.05, 4.69) is 111 Å². The van der Waals surface area contributed by atoms with Gasteiger partial charge in [-0.05, 0) is 72.0 Å². The van der Waals surface area contributed by atoms with Crippen molar-refractivity contribution in [1.29, 1.82) is 0 Å². The summed E-state index contributed by atoms with van der Waals surface area (Å²) >= 11 is 0. The van der Waals surface area contributed by atoms with E-state index in [1.54, 1.807) is 12.4 Å². The van der Waals surface area contributed by atoms with Crippen LogP contribution >= 0.6 is 0 Å². The van der Waals surface area contributed by atoms with Gasteiger partial charge in [-0.25, -0.2) is 9.97 Å². The number of allylic oxidation sites excluding steroid dienone is 1. The second-order valence-electron chi connectivity index (χ2n) is 10.7. The largest absolute Gasteiger partial charge is 0.301 e. The van der Waals surface area contributed by atoms with Gasteiger partial charge in [0, 0.05) is 47.0 Å². The molecule has 0 saturated heterocycles. The van der Waals surface area contributed by atoms with Gasteiger partial charge < -0.3 is 9.80 Å². The Hall–Kier alpha value is -3.99. The van der Waals surface area contributed by atoms with E-state index in [9.17, 15) is 0 Å². The van der Waals surface area contributed by atoms with Crippen LogP contribution in [0.5, 0.6) is 0 Å². The molecule has 0 aliphatic carbocycles. The number of para-hydroxylation sites is 1. The van der Waals surface area contributed by atoms with Gasteiger partial charge in [-0.15, -0.1) is 6.58 Å². The van der Waals surface area contributed by atoms with E-state index >= 15 is 0 Å². The van der Waals surface area contributed by atoms with Crippen molar-refractivity contribution in [1.82, 2.24) is 15.0 Å². The number of aryl methyl sites for hydroxylation is 2. The van der Waals surface area contributed by atoms with E-state index in [-0.39, 0.29) is 17.0 Å². The molecule has 4 heterocycles. The highest BCUT2D eigenvalue weighted by molar-refractivity contribution is 5.88. The third kappa shape index (κ3) is 2.86. The third-order valence-electron chi connectivity index (χ3n) is 8.49. The molecule has 180 valence electrons. The highest BCUT2D eigenvalue weighted by atomic mass is 15.5. The maximum absolute atomic E-state index is 4.88. The minimum atomic E-state index is -0.258. The van der Waals surface area contributed by atoms with Crippen molar-refractivity contribution in [3.63, 3.8) is 0 Å². The molecule has 2 aromatic carbocycles. The van der Waals surface area contributed by atoms with Crippen molar-refractivity contribution >= 4 is 23.0 Å². The van der Waals surface area contributed by atoms with Gasteiger partial charge in [-0.1, -0.05) is 45.0 Å². The Balaban J connectivity index is 1.61. The van der Waals surface area contributed by atoms with Crippen LogP contribution in [0, 0.1) is 19.3 Å². The first-order chi connectivity index (χ1) is 17.3. The monoisotopic (exact) mass is 473 g/mol. The zero-order valence-corrected chi connectivity index (χ0v) is 21.5. The lowest BCUT2D eigenvalue weighted by Crippen LogP contribution is -2.60. The van der Waals surface area contributed by atoms with Gasteiger partial charge in [-0.3, -0.25) is 4.98 Å². The zero-order chi connectivity index (χ0) is 25.2. The number of rotatable bonds is 3. The van der Waals surface area contributed by atoms with Crippen LogP contribution in [0.1, 0.15) is 37.5 Å². The number of benzene rings is 2. The van der Waals surface area contributed by atoms with Gasteiger partial charge in [0.2, 0.25) is 0 Å². The number of pyridine rings is 1. The molecule has 5 nitrogen and oxygen atoms in total. The summed E-state index contributed by atoms with van der Waals surface area (Å²) in [5.74, 6) is 1.77. The van der Waals surface area contributed by atoms with Gasteiger partial charge in [-0.2, -0.15) is 0 Å². The number of hydrogen-bond acceptors (Lipinski definition) is 5. The summed E-state index contributed by atoms with van der Waals surface area (Å²) in [6.45, 7) is 15.7. The molecule has 0 fully saturated rings. The SMILES string of the molecule is C=CC1(C)c2ccccc2N2c3nccnc3N(c3cc(C)c(-c4ccncc4)c(C)c3)C2C1(C)C. The second-order valence-corrected chi connectivity index (χ2v) is 10.7. The van der Waals surface area contributed by atoms with Crippen LogP contribution in [0.4, 0.5) is 23.0 Å². The van der Waals surface area contributed by atoms with Crippen molar-refractivity contribution in [2.45, 2.75) is 46.2 Å². The average Bonchev–Trinajstić information content (AvgIpc) is 3.24. The topological polar surface area (TPSA) is 45.2 Å². The van der Waals surface area contributed by atoms with Crippen LogP contribution in [-0.4, -0.2) is 21.1 Å². The molecule has 0 saturated carbocycles. The Morgan fingerprint density at radius 2 is 1.44 bits per heavy atom. The van der Waals surface area contributed by atoms with E-state index in [0.717, 1.165) is 23.0 Å². The molecule has 0 spiro atoms. The highest BCUT2D eigenvalue weighted by Gasteiger charge is 2.59. The quantitative estimate of drug-likeness (QED) is 0.293. The molecule has 6 rings (SSSR count). The van der Waals surface area contributed by atoms with Gasteiger partial charge in [0.25, 0.3) is 0 Å². The fourth-order valence-corrected chi connectivity index (χ4v) is 6.33. The first-order valence-corrected chi connectivity index (χ1v) is 12.4. The lowest BCUT2D eigenvalue weighted by atomic mass is 9.58. The van der Waals surface area contributed by atoms with Crippen LogP contribution in [0.15, 0.2) is 86.0 Å². The maximum Gasteiger partial charge on any atom is 0.178 e. The Bertz CT molecular complexity index is 1470. The predicted molar refractivity (Wildman–Crippen MR) is 147 cm³/mol. The summed E-state index contributed by atoms with van der Waals surface area (Å²) in [5.41, 5.74) is 7.94. The summed E-state index contributed by atoms with van der Waals surface area (Å²) < 4.78 is 0. The van der Waals surface area contributed by atoms with E-state index in [0.29, 0.717) is 0 Å². The first-order valence-electron chi connectivity index (χ1n) is 12.4. The number of aromatic nitrogens is 3. The Labute approximate surface area is 213 Å². The number of nitrogens with zero attached hydrogens (tertiary/aromatic N) is 5. The van der Waals surface area contributed by atoms with E-state index in [4.69, 9.17) is 9.97 Å². The van der Waals surface area contributed by atoms with Crippen LogP contribution in [0.25, 0.3) is 11.1 Å². The minimum absolute atomic E-state index is 0.0293. The van der Waals surface area contributed by atoms with Crippen molar-refractivity contribution in [2.24, 2.45) is 5.41 Å². The van der Waals surface area contributed by atoms with Crippen LogP contribution < -0.4 is 9.80 Å². The molecule has 2 aromatic heterocycles. The Kier molecular flexibility index (Phi) is 4.84. The van der Waals surface area contributed by atoms with E-state index < -0.39 is 0 Å². The molecule has 0 bridgehead atoms. The zero-order valence-electron chi connectivity index (χ0n) is 21.5. The van der Waals surface area contributed by atoms with E-state index in [1.165, 1.54) is 27.8 Å². The fraction of sp³-hybridized carbons (Fsp3) is 0.258. The molecule has 2 aliphatic rings. The molecule has 0 N–H and O–H groups in total. The molecular weight excluding hydrogens is 442 g/mol. The van der Waals surface area contributed by atoms with Gasteiger partial charge in [0.15, 0.2) is 11.6 Å². The molecule has 2 unspecified atom stereocenters. The molecular formula is C31H31N5. The van der Waals surface area contributed by atoms with E-state index in [1.807, 2.05) is 12.4 Å². The Morgan fingerprint density at radius 1 is 0.833 bits per heavy atom. The number of fused-ring (bicyclic) bond motifs is 5. The second kappa shape index (κ2) is 7.76. The van der Waals surface area contributed by atoms with Crippen LogP contribution in [0.3, 0.4) is 0 Å². The van der Waals surface area contributed by atoms with Crippen molar-refractivity contribution in [3.8, 4) is 11.1 Å². The summed E-state index contributed by atoms with van der Waals surface area (Å²) in [4.78, 5) is 18.7. The average molecular weight is 474 g/mol. The standard InChI is InChI=1S/C31H31N5/c1-7-31(6)24-10-8-9-11-25(24)36-28-27(33-16-17-34-28)35(29(36)30(31,4)5)23-18-20(2)26(21(3)19-23)22-12-14-32-15-13-22/h7-19,29H,1H2,2-6H3. The molecule has 2 aliphatic heterocycles. The van der Waals surface area contributed by atoms with Crippen molar-refractivity contribution < 1.29 is 0 Å². The molecule has 0 radical (unpaired) electrons. The van der Waals surface area contributed by atoms with Gasteiger partial charge >= 0.3 is 0 Å². The number of hydrogen-bond donors (Lipinski definition) is 0. The normalized spacial score (nSPS) is 21.5. The molecule has 5 heteroatoms. The van der Waals surface area contributed by atoms with Crippen LogP contribution in [-0.2, 0) is 5.41 Å². The summed E-state index contributed by atoms with van der Waals surface area (Å²) in [7, 11) is 0. The molecule has 4 aromatic rings. The molecule has 2 atom stereocenters.